The number of carbonyl (C=O) groups is 1. The number of amides is 1. The predicted octanol–water partition coefficient (Wildman–Crippen LogP) is 4.07. The van der Waals surface area contributed by atoms with Gasteiger partial charge in [-0.1, -0.05) is 0 Å². The molecule has 1 amide bonds. The van der Waals surface area contributed by atoms with E-state index in [4.69, 9.17) is 9.47 Å². The van der Waals surface area contributed by atoms with Gasteiger partial charge in [-0.25, -0.2) is 0 Å². The van der Waals surface area contributed by atoms with Crippen LogP contribution >= 0.6 is 0 Å². The lowest BCUT2D eigenvalue weighted by Crippen LogP contribution is -2.04. The van der Waals surface area contributed by atoms with Gasteiger partial charge in [0.05, 0.1) is 18.4 Å². The van der Waals surface area contributed by atoms with Crippen molar-refractivity contribution in [3.8, 4) is 17.2 Å². The van der Waals surface area contributed by atoms with Gasteiger partial charge in [-0.2, -0.15) is 13.2 Å². The van der Waals surface area contributed by atoms with Gasteiger partial charge >= 0.3 is 6.18 Å². The maximum absolute atomic E-state index is 12.5. The number of halogens is 3. The van der Waals surface area contributed by atoms with Crippen molar-refractivity contribution in [1.82, 2.24) is 0 Å². The predicted molar refractivity (Wildman–Crippen MR) is 74.2 cm³/mol. The van der Waals surface area contributed by atoms with Crippen molar-refractivity contribution in [2.45, 2.75) is 6.18 Å². The number of methoxy groups -OCH3 is 1. The quantitative estimate of drug-likeness (QED) is 0.847. The molecule has 2 rings (SSSR count). The third kappa shape index (κ3) is 3.69. The van der Waals surface area contributed by atoms with Crippen molar-refractivity contribution in [2.24, 2.45) is 0 Å². The van der Waals surface area contributed by atoms with E-state index in [9.17, 15) is 18.0 Å². The number of benzene rings is 2. The van der Waals surface area contributed by atoms with Gasteiger partial charge in [-0.05, 0) is 36.4 Å². The topological polar surface area (TPSA) is 47.6 Å². The zero-order valence-corrected chi connectivity index (χ0v) is 11.5. The maximum atomic E-state index is 12.5. The number of ether oxygens (including phenoxy) is 2. The second-order valence-electron chi connectivity index (χ2n) is 4.25. The zero-order chi connectivity index (χ0) is 16.2. The number of alkyl halides is 3. The van der Waals surface area contributed by atoms with E-state index in [1.165, 1.54) is 25.3 Å². The van der Waals surface area contributed by atoms with E-state index in [2.05, 4.69) is 5.32 Å². The fourth-order valence-electron chi connectivity index (χ4n) is 1.77. The lowest BCUT2D eigenvalue weighted by Gasteiger charge is -2.11. The summed E-state index contributed by atoms with van der Waals surface area (Å²) in [6, 6.07) is 8.97. The summed E-state index contributed by atoms with van der Waals surface area (Å²) in [5.41, 5.74) is -0.361. The summed E-state index contributed by atoms with van der Waals surface area (Å²) in [7, 11) is 1.45. The standard InChI is InChI=1S/C15H12F3NO3/c1-21-14-7-6-12(8-13(14)19-9-20)22-11-4-2-10(3-5-11)15(16,17)18/h2-9H,1H3,(H,19,20). The minimum atomic E-state index is -4.39. The Morgan fingerprint density at radius 3 is 2.23 bits per heavy atom. The fourth-order valence-corrected chi connectivity index (χ4v) is 1.77. The van der Waals surface area contributed by atoms with Gasteiger partial charge in [-0.3, -0.25) is 4.79 Å². The second-order valence-corrected chi connectivity index (χ2v) is 4.25. The SMILES string of the molecule is COc1ccc(Oc2ccc(C(F)(F)F)cc2)cc1NC=O. The Morgan fingerprint density at radius 2 is 1.68 bits per heavy atom. The number of carbonyl (C=O) groups excluding carboxylic acids is 1. The molecule has 1 N–H and O–H groups in total. The van der Waals surface area contributed by atoms with Crippen LogP contribution in [0.15, 0.2) is 42.5 Å². The highest BCUT2D eigenvalue weighted by molar-refractivity contribution is 5.76. The van der Waals surface area contributed by atoms with Crippen molar-refractivity contribution in [3.63, 3.8) is 0 Å². The zero-order valence-electron chi connectivity index (χ0n) is 11.5. The van der Waals surface area contributed by atoms with Crippen LogP contribution in [0.5, 0.6) is 17.2 Å². The Labute approximate surface area is 124 Å². The Balaban J connectivity index is 2.20. The van der Waals surface area contributed by atoms with Crippen molar-refractivity contribution < 1.29 is 27.4 Å². The van der Waals surface area contributed by atoms with E-state index in [0.717, 1.165) is 12.1 Å². The molecule has 22 heavy (non-hydrogen) atoms. The van der Waals surface area contributed by atoms with Crippen LogP contribution in [-0.4, -0.2) is 13.5 Å². The first kappa shape index (κ1) is 15.7. The third-order valence-electron chi connectivity index (χ3n) is 2.80. The number of hydrogen-bond acceptors (Lipinski definition) is 3. The highest BCUT2D eigenvalue weighted by atomic mass is 19.4. The number of nitrogens with one attached hydrogen (secondary N) is 1. The molecular formula is C15H12F3NO3. The Bertz CT molecular complexity index is 654. The van der Waals surface area contributed by atoms with Crippen LogP contribution in [0.25, 0.3) is 0 Å². The summed E-state index contributed by atoms with van der Waals surface area (Å²) >= 11 is 0. The first-order valence-electron chi connectivity index (χ1n) is 6.17. The molecule has 0 saturated carbocycles. The van der Waals surface area contributed by atoms with E-state index in [-0.39, 0.29) is 5.75 Å². The highest BCUT2D eigenvalue weighted by Crippen LogP contribution is 2.33. The minimum Gasteiger partial charge on any atom is -0.495 e. The van der Waals surface area contributed by atoms with Gasteiger partial charge in [-0.15, -0.1) is 0 Å². The van der Waals surface area contributed by atoms with Crippen molar-refractivity contribution in [2.75, 3.05) is 12.4 Å². The summed E-state index contributed by atoms with van der Waals surface area (Å²) in [4.78, 5) is 10.5. The summed E-state index contributed by atoms with van der Waals surface area (Å²) in [6.45, 7) is 0. The third-order valence-corrected chi connectivity index (χ3v) is 2.80. The molecule has 0 aliphatic carbocycles. The summed E-state index contributed by atoms with van der Waals surface area (Å²) in [5, 5.41) is 2.45. The van der Waals surface area contributed by atoms with Crippen molar-refractivity contribution >= 4 is 12.1 Å². The molecule has 0 saturated heterocycles. The van der Waals surface area contributed by atoms with Gasteiger partial charge < -0.3 is 14.8 Å². The van der Waals surface area contributed by atoms with Crippen LogP contribution in [0.2, 0.25) is 0 Å². The molecular weight excluding hydrogens is 299 g/mol. The van der Waals surface area contributed by atoms with Gasteiger partial charge in [0.15, 0.2) is 0 Å². The monoisotopic (exact) mass is 311 g/mol. The molecule has 2 aromatic carbocycles. The van der Waals surface area contributed by atoms with E-state index in [0.29, 0.717) is 23.6 Å². The first-order valence-corrected chi connectivity index (χ1v) is 6.17. The largest absolute Gasteiger partial charge is 0.495 e. The summed E-state index contributed by atoms with van der Waals surface area (Å²) < 4.78 is 47.9. The average Bonchev–Trinajstić information content (AvgIpc) is 2.47. The number of hydrogen-bond donors (Lipinski definition) is 1. The Hall–Kier alpha value is -2.70. The molecule has 116 valence electrons. The molecule has 0 atom stereocenters. The van der Waals surface area contributed by atoms with E-state index >= 15 is 0 Å². The van der Waals surface area contributed by atoms with Crippen LogP contribution in [0, 0.1) is 0 Å². The number of rotatable bonds is 5. The van der Waals surface area contributed by atoms with Crippen LogP contribution in [-0.2, 0) is 11.0 Å². The van der Waals surface area contributed by atoms with E-state index in [1.54, 1.807) is 12.1 Å². The molecule has 0 aromatic heterocycles. The molecule has 0 radical (unpaired) electrons. The maximum Gasteiger partial charge on any atom is 0.416 e. The van der Waals surface area contributed by atoms with Crippen LogP contribution in [0.1, 0.15) is 5.56 Å². The van der Waals surface area contributed by atoms with Crippen LogP contribution in [0.3, 0.4) is 0 Å². The second kappa shape index (κ2) is 6.38. The fraction of sp³-hybridized carbons (Fsp3) is 0.133. The van der Waals surface area contributed by atoms with Crippen molar-refractivity contribution in [3.05, 3.63) is 48.0 Å². The lowest BCUT2D eigenvalue weighted by atomic mass is 10.2. The Morgan fingerprint density at radius 1 is 1.05 bits per heavy atom. The van der Waals surface area contributed by atoms with E-state index < -0.39 is 11.7 Å². The molecule has 4 nitrogen and oxygen atoms in total. The van der Waals surface area contributed by atoms with Crippen molar-refractivity contribution in [1.29, 1.82) is 0 Å². The molecule has 7 heteroatoms. The number of anilines is 1. The van der Waals surface area contributed by atoms with Crippen LogP contribution in [0.4, 0.5) is 18.9 Å². The Kier molecular flexibility index (Phi) is 4.55. The minimum absolute atomic E-state index is 0.246. The summed E-state index contributed by atoms with van der Waals surface area (Å²) in [6.07, 6.45) is -3.90. The van der Waals surface area contributed by atoms with Gasteiger partial charge in [0.25, 0.3) is 0 Å². The normalized spacial score (nSPS) is 10.9. The summed E-state index contributed by atoms with van der Waals surface area (Å²) in [5.74, 6) is 1.03. The first-order chi connectivity index (χ1) is 10.4. The molecule has 0 heterocycles. The molecule has 0 fully saturated rings. The van der Waals surface area contributed by atoms with Gasteiger partial charge in [0, 0.05) is 6.07 Å². The van der Waals surface area contributed by atoms with Gasteiger partial charge in [0.2, 0.25) is 6.41 Å². The molecule has 0 aliphatic rings. The molecule has 2 aromatic rings. The smallest absolute Gasteiger partial charge is 0.416 e. The molecule has 0 aliphatic heterocycles. The van der Waals surface area contributed by atoms with Gasteiger partial charge in [0.1, 0.15) is 17.2 Å². The lowest BCUT2D eigenvalue weighted by molar-refractivity contribution is -0.137. The van der Waals surface area contributed by atoms with Crippen LogP contribution < -0.4 is 14.8 Å². The highest BCUT2D eigenvalue weighted by Gasteiger charge is 2.30. The molecule has 0 spiro atoms. The molecule has 0 bridgehead atoms. The average molecular weight is 311 g/mol. The molecule has 0 unspecified atom stereocenters. The van der Waals surface area contributed by atoms with E-state index in [1.807, 2.05) is 0 Å².